The highest BCUT2D eigenvalue weighted by Gasteiger charge is 2.31. The molecule has 21 heavy (non-hydrogen) atoms. The van der Waals surface area contributed by atoms with Gasteiger partial charge in [0.2, 0.25) is 0 Å². The van der Waals surface area contributed by atoms with Crippen LogP contribution in [0.4, 0.5) is 0 Å². The number of carboxylic acid groups (broad SMARTS) is 1. The number of amides is 1. The molecule has 0 unspecified atom stereocenters. The van der Waals surface area contributed by atoms with Crippen LogP contribution in [0.15, 0.2) is 12.3 Å². The summed E-state index contributed by atoms with van der Waals surface area (Å²) < 4.78 is 6.88. The van der Waals surface area contributed by atoms with Crippen molar-refractivity contribution < 1.29 is 19.4 Å². The van der Waals surface area contributed by atoms with Crippen molar-refractivity contribution in [2.24, 2.45) is 0 Å². The van der Waals surface area contributed by atoms with Gasteiger partial charge in [0.25, 0.3) is 5.91 Å². The van der Waals surface area contributed by atoms with E-state index in [0.717, 1.165) is 12.8 Å². The molecule has 1 saturated heterocycles. The fraction of sp³-hybridized carbons (Fsp3) is 0.643. The molecule has 0 saturated carbocycles. The third-order valence-electron chi connectivity index (χ3n) is 3.81. The van der Waals surface area contributed by atoms with Crippen LogP contribution < -0.4 is 0 Å². The van der Waals surface area contributed by atoms with Gasteiger partial charge < -0.3 is 14.7 Å². The van der Waals surface area contributed by atoms with Gasteiger partial charge in [-0.25, -0.2) is 4.79 Å². The first-order valence-corrected chi connectivity index (χ1v) is 7.25. The Morgan fingerprint density at radius 1 is 1.48 bits per heavy atom. The van der Waals surface area contributed by atoms with Gasteiger partial charge in [0.1, 0.15) is 5.69 Å². The lowest BCUT2D eigenvalue weighted by Gasteiger charge is -2.31. The molecule has 116 valence electrons. The van der Waals surface area contributed by atoms with E-state index in [9.17, 15) is 9.59 Å². The van der Waals surface area contributed by atoms with Crippen molar-refractivity contribution in [2.75, 3.05) is 19.7 Å². The summed E-state index contributed by atoms with van der Waals surface area (Å²) in [7, 11) is 0. The Bertz CT molecular complexity index is 510. The summed E-state index contributed by atoms with van der Waals surface area (Å²) in [5.74, 6) is -1.23. The zero-order valence-electron chi connectivity index (χ0n) is 12.4. The van der Waals surface area contributed by atoms with Crippen molar-refractivity contribution in [1.29, 1.82) is 0 Å². The van der Waals surface area contributed by atoms with Crippen LogP contribution in [0.25, 0.3) is 0 Å². The highest BCUT2D eigenvalue weighted by Crippen LogP contribution is 2.19. The largest absolute Gasteiger partial charge is 0.479 e. The van der Waals surface area contributed by atoms with Gasteiger partial charge in [0, 0.05) is 12.7 Å². The van der Waals surface area contributed by atoms with Crippen LogP contribution in [0.2, 0.25) is 0 Å². The minimum absolute atomic E-state index is 0.0717. The molecule has 0 aromatic carbocycles. The van der Waals surface area contributed by atoms with Crippen LogP contribution in [0.5, 0.6) is 0 Å². The van der Waals surface area contributed by atoms with Gasteiger partial charge in [-0.3, -0.25) is 9.48 Å². The Balaban J connectivity index is 2.17. The predicted octanol–water partition coefficient (Wildman–Crippen LogP) is 1.17. The molecule has 1 fully saturated rings. The first-order valence-electron chi connectivity index (χ1n) is 7.25. The summed E-state index contributed by atoms with van der Waals surface area (Å²) in [6.45, 7) is 4.82. The van der Waals surface area contributed by atoms with Gasteiger partial charge in [0.05, 0.1) is 19.2 Å². The number of ether oxygens (including phenoxy) is 1. The molecule has 0 spiro atoms. The monoisotopic (exact) mass is 295 g/mol. The van der Waals surface area contributed by atoms with Crippen LogP contribution in [0, 0.1) is 0 Å². The molecule has 1 aromatic rings. The van der Waals surface area contributed by atoms with E-state index in [1.807, 2.05) is 0 Å². The van der Waals surface area contributed by atoms with E-state index in [1.54, 1.807) is 16.9 Å². The minimum atomic E-state index is -1.04. The van der Waals surface area contributed by atoms with Crippen molar-refractivity contribution in [3.05, 3.63) is 18.0 Å². The number of carbonyl (C=O) groups is 2. The lowest BCUT2D eigenvalue weighted by atomic mass is 10.1. The highest BCUT2D eigenvalue weighted by atomic mass is 16.5. The molecule has 2 heterocycles. The minimum Gasteiger partial charge on any atom is -0.479 e. The standard InChI is InChI=1S/C14H21N3O4/c1-3-10(4-2)17-11(5-6-15-17)13(18)16-7-8-21-12(9-16)14(19)20/h5-6,10,12H,3-4,7-9H2,1-2H3,(H,19,20)/t12-/m0/s1. The van der Waals surface area contributed by atoms with E-state index >= 15 is 0 Å². The summed E-state index contributed by atoms with van der Waals surface area (Å²) in [5.41, 5.74) is 0.509. The number of carbonyl (C=O) groups excluding carboxylic acids is 1. The van der Waals surface area contributed by atoms with Crippen LogP contribution in [-0.4, -0.2) is 57.5 Å². The normalized spacial score (nSPS) is 19.0. The van der Waals surface area contributed by atoms with Crippen molar-refractivity contribution in [3.8, 4) is 0 Å². The maximum Gasteiger partial charge on any atom is 0.334 e. The molecule has 2 rings (SSSR count). The zero-order chi connectivity index (χ0) is 15.4. The molecule has 1 atom stereocenters. The van der Waals surface area contributed by atoms with Crippen molar-refractivity contribution in [3.63, 3.8) is 0 Å². The average Bonchev–Trinajstić information content (AvgIpc) is 2.97. The number of aliphatic carboxylic acids is 1. The van der Waals surface area contributed by atoms with Gasteiger partial charge in [-0.2, -0.15) is 5.10 Å². The maximum absolute atomic E-state index is 12.6. The number of aromatic nitrogens is 2. The summed E-state index contributed by atoms with van der Waals surface area (Å²) >= 11 is 0. The number of morpholine rings is 1. The summed E-state index contributed by atoms with van der Waals surface area (Å²) in [6, 6.07) is 1.86. The number of hydrogen-bond donors (Lipinski definition) is 1. The molecule has 7 nitrogen and oxygen atoms in total. The second kappa shape index (κ2) is 6.71. The maximum atomic E-state index is 12.6. The van der Waals surface area contributed by atoms with E-state index in [0.29, 0.717) is 12.2 Å². The predicted molar refractivity (Wildman–Crippen MR) is 75.1 cm³/mol. The first-order chi connectivity index (χ1) is 10.1. The van der Waals surface area contributed by atoms with Crippen molar-refractivity contribution in [2.45, 2.75) is 38.8 Å². The zero-order valence-corrected chi connectivity index (χ0v) is 12.4. The summed E-state index contributed by atoms with van der Waals surface area (Å²) in [4.78, 5) is 25.1. The van der Waals surface area contributed by atoms with Crippen LogP contribution in [-0.2, 0) is 9.53 Å². The molecular formula is C14H21N3O4. The Morgan fingerprint density at radius 2 is 2.19 bits per heavy atom. The second-order valence-corrected chi connectivity index (χ2v) is 5.08. The highest BCUT2D eigenvalue weighted by molar-refractivity contribution is 5.93. The van der Waals surface area contributed by atoms with E-state index in [4.69, 9.17) is 9.84 Å². The number of rotatable bonds is 5. The molecule has 7 heteroatoms. The fourth-order valence-corrected chi connectivity index (χ4v) is 2.55. The molecule has 0 aliphatic carbocycles. The molecule has 1 N–H and O–H groups in total. The van der Waals surface area contributed by atoms with E-state index in [-0.39, 0.29) is 25.1 Å². The molecule has 1 aliphatic rings. The van der Waals surface area contributed by atoms with Crippen LogP contribution in [0.1, 0.15) is 43.2 Å². The number of hydrogen-bond acceptors (Lipinski definition) is 4. The first kappa shape index (κ1) is 15.5. The molecule has 1 amide bonds. The topological polar surface area (TPSA) is 84.7 Å². The SMILES string of the molecule is CCC(CC)n1nccc1C(=O)N1CCO[C@H](C(=O)O)C1. The number of carboxylic acids is 1. The third kappa shape index (κ3) is 3.24. The van der Waals surface area contributed by atoms with Crippen LogP contribution >= 0.6 is 0 Å². The quantitative estimate of drug-likeness (QED) is 0.881. The average molecular weight is 295 g/mol. The third-order valence-corrected chi connectivity index (χ3v) is 3.81. The smallest absolute Gasteiger partial charge is 0.334 e. The lowest BCUT2D eigenvalue weighted by Crippen LogP contribution is -2.49. The fourth-order valence-electron chi connectivity index (χ4n) is 2.55. The van der Waals surface area contributed by atoms with Gasteiger partial charge in [-0.05, 0) is 18.9 Å². The van der Waals surface area contributed by atoms with Gasteiger partial charge in [0.15, 0.2) is 6.10 Å². The molecule has 1 aromatic heterocycles. The molecule has 0 radical (unpaired) electrons. The lowest BCUT2D eigenvalue weighted by molar-refractivity contribution is -0.154. The van der Waals surface area contributed by atoms with Crippen molar-refractivity contribution in [1.82, 2.24) is 14.7 Å². The van der Waals surface area contributed by atoms with Gasteiger partial charge in [-0.15, -0.1) is 0 Å². The molecule has 1 aliphatic heterocycles. The second-order valence-electron chi connectivity index (χ2n) is 5.08. The Morgan fingerprint density at radius 3 is 2.81 bits per heavy atom. The van der Waals surface area contributed by atoms with E-state index in [2.05, 4.69) is 18.9 Å². The summed E-state index contributed by atoms with van der Waals surface area (Å²) in [6.07, 6.45) is 2.44. The van der Waals surface area contributed by atoms with Gasteiger partial charge >= 0.3 is 5.97 Å². The van der Waals surface area contributed by atoms with E-state index < -0.39 is 12.1 Å². The Hall–Kier alpha value is -1.89. The van der Waals surface area contributed by atoms with Gasteiger partial charge in [-0.1, -0.05) is 13.8 Å². The molecule has 0 bridgehead atoms. The van der Waals surface area contributed by atoms with E-state index in [1.165, 1.54) is 4.90 Å². The Kier molecular flexibility index (Phi) is 4.95. The Labute approximate surface area is 123 Å². The molecular weight excluding hydrogens is 274 g/mol. The van der Waals surface area contributed by atoms with Crippen molar-refractivity contribution >= 4 is 11.9 Å². The number of nitrogens with zero attached hydrogens (tertiary/aromatic N) is 3. The summed E-state index contributed by atoms with van der Waals surface area (Å²) in [5, 5.41) is 13.3. The van der Waals surface area contributed by atoms with Crippen LogP contribution in [0.3, 0.4) is 0 Å².